The van der Waals surface area contributed by atoms with Gasteiger partial charge in [-0.05, 0) is 28.1 Å². The molecule has 0 atom stereocenters. The van der Waals surface area contributed by atoms with Crippen LogP contribution >= 0.6 is 15.9 Å². The Morgan fingerprint density at radius 3 is 2.47 bits per heavy atom. The van der Waals surface area contributed by atoms with E-state index in [0.717, 1.165) is 17.0 Å². The van der Waals surface area contributed by atoms with Gasteiger partial charge in [0.2, 0.25) is 0 Å². The highest BCUT2D eigenvalue weighted by molar-refractivity contribution is 9.10. The van der Waals surface area contributed by atoms with Crippen molar-refractivity contribution < 1.29 is 27.5 Å². The summed E-state index contributed by atoms with van der Waals surface area (Å²) in [6.45, 7) is -0.417. The van der Waals surface area contributed by atoms with E-state index >= 15 is 0 Å². The van der Waals surface area contributed by atoms with Crippen LogP contribution in [-0.4, -0.2) is 30.8 Å². The molecule has 1 rings (SSSR count). The Hall–Kier alpha value is -1.31. The maximum atomic E-state index is 13.9. The highest BCUT2D eigenvalue weighted by Crippen LogP contribution is 2.30. The number of carboxylic acid groups (broad SMARTS) is 1. The Balaban J connectivity index is 2.96. The fourth-order valence-electron chi connectivity index (χ4n) is 1.41. The van der Waals surface area contributed by atoms with Crippen LogP contribution in [0.2, 0.25) is 0 Å². The van der Waals surface area contributed by atoms with E-state index in [2.05, 4.69) is 15.9 Å². The number of carboxylic acids is 1. The molecule has 1 aromatic carbocycles. The fourth-order valence-corrected chi connectivity index (χ4v) is 1.92. The minimum atomic E-state index is -4.33. The molecule has 106 valence electrons. The number of rotatable bonds is 4. The number of alkyl halides is 3. The number of hydrogen-bond acceptors (Lipinski definition) is 2. The van der Waals surface area contributed by atoms with Crippen molar-refractivity contribution in [2.75, 3.05) is 18.5 Å². The lowest BCUT2D eigenvalue weighted by atomic mass is 10.2. The number of nitrogens with zero attached hydrogens (tertiary/aromatic N) is 1. The summed E-state index contributed by atoms with van der Waals surface area (Å²) in [5.74, 6) is -2.22. The maximum absolute atomic E-state index is 13.9. The van der Waals surface area contributed by atoms with Crippen LogP contribution in [0.5, 0.6) is 0 Å². The average molecular weight is 344 g/mol. The average Bonchev–Trinajstić information content (AvgIpc) is 2.28. The monoisotopic (exact) mass is 343 g/mol. The summed E-state index contributed by atoms with van der Waals surface area (Å²) in [5.41, 5.74) is -0.383. The van der Waals surface area contributed by atoms with Crippen LogP contribution in [0.25, 0.3) is 0 Å². The van der Waals surface area contributed by atoms with Crippen molar-refractivity contribution in [2.24, 2.45) is 0 Å². The zero-order chi connectivity index (χ0) is 14.8. The standard InChI is InChI=1S/C11H10BrF4NO2/c1-17(5-4-11(14,15)16)7-3-2-6(10(18)19)8(12)9(7)13/h2-3H,4-5H2,1H3,(H,18,19). The zero-order valence-electron chi connectivity index (χ0n) is 9.76. The van der Waals surface area contributed by atoms with Crippen molar-refractivity contribution in [3.8, 4) is 0 Å². The molecule has 0 fully saturated rings. The van der Waals surface area contributed by atoms with Gasteiger partial charge in [0, 0.05) is 13.6 Å². The second kappa shape index (κ2) is 5.77. The van der Waals surface area contributed by atoms with Crippen LogP contribution in [0.4, 0.5) is 23.2 Å². The highest BCUT2D eigenvalue weighted by atomic mass is 79.9. The van der Waals surface area contributed by atoms with Gasteiger partial charge in [0.15, 0.2) is 5.82 Å². The molecule has 1 N–H and O–H groups in total. The van der Waals surface area contributed by atoms with Crippen LogP contribution in [0.3, 0.4) is 0 Å². The lowest BCUT2D eigenvalue weighted by molar-refractivity contribution is -0.132. The topological polar surface area (TPSA) is 40.5 Å². The van der Waals surface area contributed by atoms with Crippen molar-refractivity contribution in [3.63, 3.8) is 0 Å². The van der Waals surface area contributed by atoms with E-state index < -0.39 is 30.9 Å². The van der Waals surface area contributed by atoms with Crippen LogP contribution in [0.15, 0.2) is 16.6 Å². The molecular formula is C11H10BrF4NO2. The van der Waals surface area contributed by atoms with Crippen LogP contribution in [0, 0.1) is 5.82 Å². The number of aromatic carboxylic acids is 1. The first kappa shape index (κ1) is 15.7. The molecule has 1 aromatic rings. The molecule has 0 aliphatic rings. The van der Waals surface area contributed by atoms with E-state index in [0.29, 0.717) is 0 Å². The first-order valence-electron chi connectivity index (χ1n) is 5.12. The third-order valence-corrected chi connectivity index (χ3v) is 3.21. The first-order valence-corrected chi connectivity index (χ1v) is 5.92. The normalized spacial score (nSPS) is 11.5. The largest absolute Gasteiger partial charge is 0.478 e. The summed E-state index contributed by atoms with van der Waals surface area (Å²) in [6, 6.07) is 2.27. The molecule has 3 nitrogen and oxygen atoms in total. The van der Waals surface area contributed by atoms with Crippen molar-refractivity contribution in [1.82, 2.24) is 0 Å². The molecule has 0 spiro atoms. The van der Waals surface area contributed by atoms with E-state index in [1.807, 2.05) is 0 Å². The second-order valence-electron chi connectivity index (χ2n) is 3.85. The fraction of sp³-hybridized carbons (Fsp3) is 0.364. The van der Waals surface area contributed by atoms with Crippen LogP contribution in [-0.2, 0) is 0 Å². The molecule has 0 saturated carbocycles. The third-order valence-electron chi connectivity index (χ3n) is 2.43. The summed E-state index contributed by atoms with van der Waals surface area (Å²) in [4.78, 5) is 11.8. The van der Waals surface area contributed by atoms with Crippen LogP contribution < -0.4 is 4.90 Å². The lowest BCUT2D eigenvalue weighted by Gasteiger charge is -2.21. The van der Waals surface area contributed by atoms with E-state index in [-0.39, 0.29) is 15.7 Å². The molecule has 0 aliphatic heterocycles. The Bertz CT molecular complexity index is 490. The van der Waals surface area contributed by atoms with Gasteiger partial charge in [0.1, 0.15) is 0 Å². The van der Waals surface area contributed by atoms with E-state index in [9.17, 15) is 22.4 Å². The van der Waals surface area contributed by atoms with Gasteiger partial charge in [-0.1, -0.05) is 0 Å². The van der Waals surface area contributed by atoms with Crippen molar-refractivity contribution in [3.05, 3.63) is 28.0 Å². The molecule has 19 heavy (non-hydrogen) atoms. The number of hydrogen-bond donors (Lipinski definition) is 1. The molecule has 0 radical (unpaired) electrons. The predicted octanol–water partition coefficient (Wildman–Crippen LogP) is 3.68. The molecule has 0 aliphatic carbocycles. The summed E-state index contributed by atoms with van der Waals surface area (Å²) >= 11 is 2.79. The highest BCUT2D eigenvalue weighted by Gasteiger charge is 2.28. The van der Waals surface area contributed by atoms with Gasteiger partial charge in [0.05, 0.1) is 22.1 Å². The maximum Gasteiger partial charge on any atom is 0.390 e. The summed E-state index contributed by atoms with van der Waals surface area (Å²) in [6.07, 6.45) is -5.41. The molecule has 8 heteroatoms. The van der Waals surface area contributed by atoms with Crippen molar-refractivity contribution in [2.45, 2.75) is 12.6 Å². The van der Waals surface area contributed by atoms with Gasteiger partial charge in [-0.2, -0.15) is 13.2 Å². The van der Waals surface area contributed by atoms with Crippen molar-refractivity contribution >= 4 is 27.6 Å². The quantitative estimate of drug-likeness (QED) is 0.848. The van der Waals surface area contributed by atoms with Gasteiger partial charge in [0.25, 0.3) is 0 Å². The minimum absolute atomic E-state index is 0.0962. The first-order chi connectivity index (χ1) is 8.63. The number of halogens is 5. The molecule has 0 aromatic heterocycles. The van der Waals surface area contributed by atoms with E-state index in [4.69, 9.17) is 5.11 Å². The van der Waals surface area contributed by atoms with Gasteiger partial charge in [-0.15, -0.1) is 0 Å². The SMILES string of the molecule is CN(CCC(F)(F)F)c1ccc(C(=O)O)c(Br)c1F. The molecule has 0 heterocycles. The zero-order valence-corrected chi connectivity index (χ0v) is 11.3. The number of anilines is 1. The smallest absolute Gasteiger partial charge is 0.390 e. The molecule has 0 unspecified atom stereocenters. The van der Waals surface area contributed by atoms with E-state index in [1.165, 1.54) is 7.05 Å². The Morgan fingerprint density at radius 1 is 1.42 bits per heavy atom. The van der Waals surface area contributed by atoms with Gasteiger partial charge in [-0.25, -0.2) is 9.18 Å². The predicted molar refractivity (Wildman–Crippen MR) is 65.0 cm³/mol. The Morgan fingerprint density at radius 2 is 2.00 bits per heavy atom. The van der Waals surface area contributed by atoms with Gasteiger partial charge < -0.3 is 10.0 Å². The van der Waals surface area contributed by atoms with Gasteiger partial charge in [-0.3, -0.25) is 0 Å². The summed E-state index contributed by atoms with van der Waals surface area (Å²) in [7, 11) is 1.30. The molecule has 0 bridgehead atoms. The number of carbonyl (C=O) groups is 1. The Kier molecular flexibility index (Phi) is 4.78. The second-order valence-corrected chi connectivity index (χ2v) is 4.65. The summed E-state index contributed by atoms with van der Waals surface area (Å²) in [5, 5.41) is 8.77. The third kappa shape index (κ3) is 4.09. The Labute approximate surface area is 115 Å². The number of benzene rings is 1. The molecular weight excluding hydrogens is 334 g/mol. The van der Waals surface area contributed by atoms with Crippen LogP contribution in [0.1, 0.15) is 16.8 Å². The van der Waals surface area contributed by atoms with Crippen molar-refractivity contribution in [1.29, 1.82) is 0 Å². The van der Waals surface area contributed by atoms with Gasteiger partial charge >= 0.3 is 12.1 Å². The molecule has 0 saturated heterocycles. The lowest BCUT2D eigenvalue weighted by Crippen LogP contribution is -2.25. The summed E-state index contributed by atoms with van der Waals surface area (Å²) < 4.78 is 49.8. The minimum Gasteiger partial charge on any atom is -0.478 e. The molecule has 0 amide bonds. The van der Waals surface area contributed by atoms with E-state index in [1.54, 1.807) is 0 Å².